The molecule has 0 saturated heterocycles. The highest BCUT2D eigenvalue weighted by Gasteiger charge is 2.08. The molecule has 0 spiro atoms. The average molecular weight is 177 g/mol. The van der Waals surface area contributed by atoms with Crippen LogP contribution in [0.1, 0.15) is 32.5 Å². The van der Waals surface area contributed by atoms with E-state index in [2.05, 4.69) is 30.4 Å². The molecule has 0 aliphatic rings. The van der Waals surface area contributed by atoms with Gasteiger partial charge in [-0.15, -0.1) is 0 Å². The second-order valence-electron chi connectivity index (χ2n) is 3.05. The molecule has 0 atom stereocenters. The van der Waals surface area contributed by atoms with E-state index in [0.717, 1.165) is 11.5 Å². The smallest absolute Gasteiger partial charge is 0.159 e. The molecule has 0 aliphatic carbocycles. The molecular formula is C10H15N3. The van der Waals surface area contributed by atoms with Crippen LogP contribution < -0.4 is 0 Å². The van der Waals surface area contributed by atoms with Crippen molar-refractivity contribution in [2.24, 2.45) is 4.99 Å². The van der Waals surface area contributed by atoms with Crippen LogP contribution in [0.3, 0.4) is 0 Å². The Hall–Kier alpha value is -1.38. The maximum absolute atomic E-state index is 4.26. The first-order chi connectivity index (χ1) is 6.20. The van der Waals surface area contributed by atoms with Crippen LogP contribution in [0.5, 0.6) is 0 Å². The Morgan fingerprint density at radius 3 is 2.77 bits per heavy atom. The first kappa shape index (κ1) is 9.71. The highest BCUT2D eigenvalue weighted by molar-refractivity contribution is 5.64. The molecule has 0 N–H and O–H groups in total. The highest BCUT2D eigenvalue weighted by Crippen LogP contribution is 2.22. The lowest BCUT2D eigenvalue weighted by molar-refractivity contribution is 0.603. The summed E-state index contributed by atoms with van der Waals surface area (Å²) in [4.78, 5) is 8.47. The van der Waals surface area contributed by atoms with E-state index in [1.165, 1.54) is 0 Å². The van der Waals surface area contributed by atoms with Crippen LogP contribution in [-0.2, 0) is 0 Å². The zero-order valence-corrected chi connectivity index (χ0v) is 8.36. The van der Waals surface area contributed by atoms with Gasteiger partial charge in [-0.2, -0.15) is 0 Å². The molecule has 0 bridgehead atoms. The van der Waals surface area contributed by atoms with Crippen molar-refractivity contribution in [3.8, 4) is 0 Å². The Bertz CT molecular complexity index is 321. The maximum atomic E-state index is 4.26. The number of aliphatic imine (C=N–C) groups is 1. The first-order valence-electron chi connectivity index (χ1n) is 4.38. The summed E-state index contributed by atoms with van der Waals surface area (Å²) in [5, 5.41) is 0. The van der Waals surface area contributed by atoms with E-state index >= 15 is 0 Å². The largest absolute Gasteiger partial charge is 0.313 e. The van der Waals surface area contributed by atoms with E-state index in [0.29, 0.717) is 6.04 Å². The third-order valence-electron chi connectivity index (χ3n) is 1.80. The zero-order chi connectivity index (χ0) is 9.84. The fraction of sp³-hybridized carbons (Fsp3) is 0.400. The van der Waals surface area contributed by atoms with Gasteiger partial charge in [0, 0.05) is 12.3 Å². The minimum absolute atomic E-state index is 0.375. The summed E-state index contributed by atoms with van der Waals surface area (Å²) in [6, 6.07) is 0.375. The Morgan fingerprint density at radius 1 is 1.62 bits per heavy atom. The summed E-state index contributed by atoms with van der Waals surface area (Å²) in [5.74, 6) is 0.882. The predicted molar refractivity (Wildman–Crippen MR) is 56.5 cm³/mol. The Kier molecular flexibility index (Phi) is 3.01. The van der Waals surface area contributed by atoms with Gasteiger partial charge in [0.2, 0.25) is 0 Å². The van der Waals surface area contributed by atoms with Gasteiger partial charge in [-0.1, -0.05) is 6.58 Å². The molecule has 0 fully saturated rings. The number of aromatic nitrogens is 2. The molecule has 1 rings (SSSR count). The molecule has 0 saturated carbocycles. The summed E-state index contributed by atoms with van der Waals surface area (Å²) in [6.45, 7) is 9.79. The fourth-order valence-corrected chi connectivity index (χ4v) is 1.15. The third-order valence-corrected chi connectivity index (χ3v) is 1.80. The van der Waals surface area contributed by atoms with Crippen LogP contribution in [-0.4, -0.2) is 15.8 Å². The van der Waals surface area contributed by atoms with Crippen LogP contribution >= 0.6 is 0 Å². The van der Waals surface area contributed by atoms with Crippen molar-refractivity contribution >= 4 is 18.1 Å². The van der Waals surface area contributed by atoms with Crippen molar-refractivity contribution in [1.82, 2.24) is 9.55 Å². The summed E-state index contributed by atoms with van der Waals surface area (Å²) >= 11 is 0. The SMILES string of the molecule is C=Cc1ncn(C(C)C)c1/N=C\C. The van der Waals surface area contributed by atoms with E-state index in [1.807, 2.05) is 11.5 Å². The lowest BCUT2D eigenvalue weighted by Gasteiger charge is -2.08. The van der Waals surface area contributed by atoms with Gasteiger partial charge in [-0.3, -0.25) is 0 Å². The molecule has 1 aromatic heterocycles. The summed E-state index contributed by atoms with van der Waals surface area (Å²) in [5.41, 5.74) is 0.840. The van der Waals surface area contributed by atoms with Gasteiger partial charge in [0.15, 0.2) is 5.82 Å². The molecular weight excluding hydrogens is 162 g/mol. The van der Waals surface area contributed by atoms with E-state index in [1.54, 1.807) is 18.6 Å². The van der Waals surface area contributed by atoms with Crippen LogP contribution in [0.2, 0.25) is 0 Å². The van der Waals surface area contributed by atoms with Crippen LogP contribution in [0.25, 0.3) is 6.08 Å². The molecule has 0 unspecified atom stereocenters. The van der Waals surface area contributed by atoms with Crippen molar-refractivity contribution in [1.29, 1.82) is 0 Å². The molecule has 0 amide bonds. The number of hydrogen-bond acceptors (Lipinski definition) is 2. The summed E-state index contributed by atoms with van der Waals surface area (Å²) in [7, 11) is 0. The van der Waals surface area contributed by atoms with E-state index < -0.39 is 0 Å². The molecule has 3 heteroatoms. The van der Waals surface area contributed by atoms with E-state index in [9.17, 15) is 0 Å². The maximum Gasteiger partial charge on any atom is 0.159 e. The Labute approximate surface area is 78.8 Å². The van der Waals surface area contributed by atoms with Crippen molar-refractivity contribution in [3.63, 3.8) is 0 Å². The molecule has 0 radical (unpaired) electrons. The zero-order valence-electron chi connectivity index (χ0n) is 8.36. The van der Waals surface area contributed by atoms with Crippen molar-refractivity contribution < 1.29 is 0 Å². The normalized spacial score (nSPS) is 11.4. The molecule has 0 aliphatic heterocycles. The minimum Gasteiger partial charge on any atom is -0.313 e. The van der Waals surface area contributed by atoms with Crippen LogP contribution in [0.4, 0.5) is 5.82 Å². The molecule has 3 nitrogen and oxygen atoms in total. The number of rotatable bonds is 3. The molecule has 70 valence electrons. The standard InChI is InChI=1S/C10H15N3/c1-5-9-10(11-6-2)13(7-12-9)8(3)4/h5-8H,1H2,2-4H3/b11-6-. The quantitative estimate of drug-likeness (QED) is 0.653. The van der Waals surface area contributed by atoms with Crippen LogP contribution in [0, 0.1) is 0 Å². The predicted octanol–water partition coefficient (Wildman–Crippen LogP) is 2.83. The second-order valence-corrected chi connectivity index (χ2v) is 3.05. The summed E-state index contributed by atoms with van der Waals surface area (Å²) < 4.78 is 2.02. The topological polar surface area (TPSA) is 30.2 Å². The van der Waals surface area contributed by atoms with E-state index in [4.69, 9.17) is 0 Å². The lowest BCUT2D eigenvalue weighted by Crippen LogP contribution is -1.97. The van der Waals surface area contributed by atoms with E-state index in [-0.39, 0.29) is 0 Å². The minimum atomic E-state index is 0.375. The Morgan fingerprint density at radius 2 is 2.31 bits per heavy atom. The number of hydrogen-bond donors (Lipinski definition) is 0. The number of imidazole rings is 1. The first-order valence-corrected chi connectivity index (χ1v) is 4.38. The lowest BCUT2D eigenvalue weighted by atomic mass is 10.3. The van der Waals surface area contributed by atoms with Gasteiger partial charge in [-0.25, -0.2) is 9.98 Å². The summed E-state index contributed by atoms with van der Waals surface area (Å²) in [6.07, 6.45) is 5.29. The van der Waals surface area contributed by atoms with Gasteiger partial charge in [0.1, 0.15) is 5.69 Å². The van der Waals surface area contributed by atoms with Gasteiger partial charge in [0.25, 0.3) is 0 Å². The fourth-order valence-electron chi connectivity index (χ4n) is 1.15. The van der Waals surface area contributed by atoms with Crippen LogP contribution in [0.15, 0.2) is 17.9 Å². The van der Waals surface area contributed by atoms with Crippen molar-refractivity contribution in [2.75, 3.05) is 0 Å². The molecule has 13 heavy (non-hydrogen) atoms. The van der Waals surface area contributed by atoms with Gasteiger partial charge >= 0.3 is 0 Å². The van der Waals surface area contributed by atoms with Crippen molar-refractivity contribution in [2.45, 2.75) is 26.8 Å². The number of nitrogens with zero attached hydrogens (tertiary/aromatic N) is 3. The average Bonchev–Trinajstić information content (AvgIpc) is 2.48. The molecule has 1 aromatic rings. The third kappa shape index (κ3) is 1.86. The van der Waals surface area contributed by atoms with Gasteiger partial charge in [-0.05, 0) is 26.8 Å². The molecule has 0 aromatic carbocycles. The van der Waals surface area contributed by atoms with Crippen molar-refractivity contribution in [3.05, 3.63) is 18.6 Å². The second kappa shape index (κ2) is 4.03. The monoisotopic (exact) mass is 177 g/mol. The van der Waals surface area contributed by atoms with Gasteiger partial charge < -0.3 is 4.57 Å². The highest BCUT2D eigenvalue weighted by atomic mass is 15.1. The Balaban J connectivity index is 3.21. The molecule has 1 heterocycles. The van der Waals surface area contributed by atoms with Gasteiger partial charge in [0.05, 0.1) is 6.33 Å².